The first-order chi connectivity index (χ1) is 9.08. The van der Waals surface area contributed by atoms with Gasteiger partial charge in [0.15, 0.2) is 5.13 Å². The Morgan fingerprint density at radius 3 is 3.00 bits per heavy atom. The average Bonchev–Trinajstić information content (AvgIpc) is 2.78. The molecule has 2 rings (SSSR count). The summed E-state index contributed by atoms with van der Waals surface area (Å²) in [4.78, 5) is 14.8. The van der Waals surface area contributed by atoms with Crippen molar-refractivity contribution in [3.05, 3.63) is 34.8 Å². The molecular formula is C13H14N2O3S. The van der Waals surface area contributed by atoms with Crippen molar-refractivity contribution >= 4 is 28.1 Å². The van der Waals surface area contributed by atoms with Gasteiger partial charge in [0.2, 0.25) is 0 Å². The van der Waals surface area contributed by atoms with Crippen molar-refractivity contribution in [3.8, 4) is 5.75 Å². The van der Waals surface area contributed by atoms with Crippen molar-refractivity contribution in [3.63, 3.8) is 0 Å². The first-order valence-electron chi connectivity index (χ1n) is 5.66. The predicted octanol–water partition coefficient (Wildman–Crippen LogP) is 2.83. The van der Waals surface area contributed by atoms with Crippen molar-refractivity contribution in [1.29, 1.82) is 0 Å². The molecule has 2 N–H and O–H groups in total. The summed E-state index contributed by atoms with van der Waals surface area (Å²) >= 11 is 1.38. The number of carboxylic acid groups (broad SMARTS) is 1. The summed E-state index contributed by atoms with van der Waals surface area (Å²) in [5.41, 5.74) is 2.52. The number of ether oxygens (including phenoxy) is 1. The van der Waals surface area contributed by atoms with Gasteiger partial charge in [0.05, 0.1) is 19.2 Å². The van der Waals surface area contributed by atoms with E-state index in [9.17, 15) is 4.79 Å². The Balaban J connectivity index is 2.16. The van der Waals surface area contributed by atoms with E-state index in [1.54, 1.807) is 12.5 Å². The Morgan fingerprint density at radius 1 is 1.53 bits per heavy atom. The lowest BCUT2D eigenvalue weighted by atomic mass is 10.2. The molecule has 0 aliphatic heterocycles. The van der Waals surface area contributed by atoms with E-state index in [4.69, 9.17) is 9.84 Å². The van der Waals surface area contributed by atoms with Crippen LogP contribution in [-0.2, 0) is 11.2 Å². The van der Waals surface area contributed by atoms with Crippen LogP contribution in [0.1, 0.15) is 11.3 Å². The molecule has 0 saturated carbocycles. The summed E-state index contributed by atoms with van der Waals surface area (Å²) in [5, 5.41) is 14.3. The number of nitrogens with zero attached hydrogens (tertiary/aromatic N) is 1. The van der Waals surface area contributed by atoms with Gasteiger partial charge in [-0.3, -0.25) is 4.79 Å². The minimum absolute atomic E-state index is 0.0602. The average molecular weight is 278 g/mol. The van der Waals surface area contributed by atoms with E-state index in [1.807, 2.05) is 25.1 Å². The molecule has 100 valence electrons. The lowest BCUT2D eigenvalue weighted by molar-refractivity contribution is -0.136. The number of aryl methyl sites for hydroxylation is 1. The van der Waals surface area contributed by atoms with Crippen molar-refractivity contribution in [2.75, 3.05) is 12.4 Å². The molecule has 0 atom stereocenters. The molecule has 6 heteroatoms. The molecule has 1 aromatic carbocycles. The fourth-order valence-corrected chi connectivity index (χ4v) is 2.30. The van der Waals surface area contributed by atoms with Gasteiger partial charge >= 0.3 is 5.97 Å². The van der Waals surface area contributed by atoms with Gasteiger partial charge in [0, 0.05) is 17.1 Å². The van der Waals surface area contributed by atoms with Crippen LogP contribution in [-0.4, -0.2) is 23.2 Å². The van der Waals surface area contributed by atoms with Gasteiger partial charge in [-0.25, -0.2) is 4.98 Å². The topological polar surface area (TPSA) is 71.5 Å². The molecule has 19 heavy (non-hydrogen) atoms. The zero-order chi connectivity index (χ0) is 13.8. The SMILES string of the molecule is COc1ccc(C)c(Nc2nc(CC(=O)O)cs2)c1. The molecule has 0 aliphatic rings. The highest BCUT2D eigenvalue weighted by molar-refractivity contribution is 7.13. The van der Waals surface area contributed by atoms with Gasteiger partial charge in [0.25, 0.3) is 0 Å². The van der Waals surface area contributed by atoms with Gasteiger partial charge in [-0.2, -0.15) is 0 Å². The zero-order valence-electron chi connectivity index (χ0n) is 10.6. The summed E-state index contributed by atoms with van der Waals surface area (Å²) in [7, 11) is 1.61. The number of nitrogens with one attached hydrogen (secondary N) is 1. The van der Waals surface area contributed by atoms with Gasteiger partial charge < -0.3 is 15.2 Å². The maximum Gasteiger partial charge on any atom is 0.309 e. The van der Waals surface area contributed by atoms with E-state index in [2.05, 4.69) is 10.3 Å². The largest absolute Gasteiger partial charge is 0.497 e. The van der Waals surface area contributed by atoms with Gasteiger partial charge in [-0.15, -0.1) is 11.3 Å². The number of benzene rings is 1. The minimum atomic E-state index is -0.880. The molecule has 0 saturated heterocycles. The Labute approximate surface area is 114 Å². The second kappa shape index (κ2) is 5.71. The summed E-state index contributed by atoms with van der Waals surface area (Å²) in [6.45, 7) is 1.98. The molecule has 0 unspecified atom stereocenters. The number of thiazole rings is 1. The fraction of sp³-hybridized carbons (Fsp3) is 0.231. The third-order valence-corrected chi connectivity index (χ3v) is 3.38. The quantitative estimate of drug-likeness (QED) is 0.880. The molecule has 0 fully saturated rings. The van der Waals surface area contributed by atoms with E-state index in [0.717, 1.165) is 17.0 Å². The highest BCUT2D eigenvalue weighted by atomic mass is 32.1. The van der Waals surface area contributed by atoms with E-state index in [0.29, 0.717) is 10.8 Å². The number of hydrogen-bond acceptors (Lipinski definition) is 5. The van der Waals surface area contributed by atoms with Crippen LogP contribution in [0.4, 0.5) is 10.8 Å². The molecule has 0 amide bonds. The van der Waals surface area contributed by atoms with Crippen molar-refractivity contribution in [1.82, 2.24) is 4.98 Å². The van der Waals surface area contributed by atoms with Crippen LogP contribution >= 0.6 is 11.3 Å². The summed E-state index contributed by atoms with van der Waals surface area (Å²) in [6, 6.07) is 5.72. The Hall–Kier alpha value is -2.08. The number of hydrogen-bond donors (Lipinski definition) is 2. The van der Waals surface area contributed by atoms with Crippen LogP contribution in [0.5, 0.6) is 5.75 Å². The first kappa shape index (κ1) is 13.4. The number of carbonyl (C=O) groups is 1. The van der Waals surface area contributed by atoms with Gasteiger partial charge in [-0.05, 0) is 18.6 Å². The van der Waals surface area contributed by atoms with E-state index in [-0.39, 0.29) is 6.42 Å². The number of rotatable bonds is 5. The van der Waals surface area contributed by atoms with Gasteiger partial charge in [-0.1, -0.05) is 6.07 Å². The number of aromatic nitrogens is 1. The Morgan fingerprint density at radius 2 is 2.32 bits per heavy atom. The second-order valence-corrected chi connectivity index (χ2v) is 4.88. The van der Waals surface area contributed by atoms with Crippen LogP contribution in [0.25, 0.3) is 0 Å². The molecule has 5 nitrogen and oxygen atoms in total. The summed E-state index contributed by atoms with van der Waals surface area (Å²) < 4.78 is 5.17. The Kier molecular flexibility index (Phi) is 4.01. The predicted molar refractivity (Wildman–Crippen MR) is 74.5 cm³/mol. The maximum absolute atomic E-state index is 10.6. The highest BCUT2D eigenvalue weighted by Crippen LogP contribution is 2.27. The maximum atomic E-state index is 10.6. The molecule has 2 aromatic rings. The molecule has 0 bridgehead atoms. The summed E-state index contributed by atoms with van der Waals surface area (Å²) in [6.07, 6.45) is -0.0602. The van der Waals surface area contributed by atoms with E-state index < -0.39 is 5.97 Å². The number of aliphatic carboxylic acids is 1. The molecule has 0 spiro atoms. The monoisotopic (exact) mass is 278 g/mol. The number of anilines is 2. The third kappa shape index (κ3) is 3.45. The number of carboxylic acids is 1. The smallest absolute Gasteiger partial charge is 0.309 e. The zero-order valence-corrected chi connectivity index (χ0v) is 11.5. The van der Waals surface area contributed by atoms with Crippen molar-refractivity contribution in [2.24, 2.45) is 0 Å². The summed E-state index contributed by atoms with van der Waals surface area (Å²) in [5.74, 6) is -0.121. The van der Waals surface area contributed by atoms with Crippen LogP contribution in [0, 0.1) is 6.92 Å². The highest BCUT2D eigenvalue weighted by Gasteiger charge is 2.08. The van der Waals surface area contributed by atoms with Crippen LogP contribution in [0.15, 0.2) is 23.6 Å². The van der Waals surface area contributed by atoms with E-state index >= 15 is 0 Å². The van der Waals surface area contributed by atoms with E-state index in [1.165, 1.54) is 11.3 Å². The van der Waals surface area contributed by atoms with Crippen molar-refractivity contribution in [2.45, 2.75) is 13.3 Å². The third-order valence-electron chi connectivity index (χ3n) is 2.57. The normalized spacial score (nSPS) is 10.2. The molecule has 1 aromatic heterocycles. The van der Waals surface area contributed by atoms with Crippen molar-refractivity contribution < 1.29 is 14.6 Å². The van der Waals surface area contributed by atoms with Crippen LogP contribution in [0.2, 0.25) is 0 Å². The molecule has 1 heterocycles. The molecule has 0 aliphatic carbocycles. The van der Waals surface area contributed by atoms with Crippen LogP contribution < -0.4 is 10.1 Å². The molecule has 0 radical (unpaired) electrons. The first-order valence-corrected chi connectivity index (χ1v) is 6.54. The minimum Gasteiger partial charge on any atom is -0.497 e. The van der Waals surface area contributed by atoms with Crippen LogP contribution in [0.3, 0.4) is 0 Å². The lowest BCUT2D eigenvalue weighted by Crippen LogP contribution is -2.00. The second-order valence-electron chi connectivity index (χ2n) is 4.02. The van der Waals surface area contributed by atoms with Gasteiger partial charge in [0.1, 0.15) is 5.75 Å². The molecular weight excluding hydrogens is 264 g/mol. The standard InChI is InChI=1S/C13H14N2O3S/c1-8-3-4-10(18-2)6-11(8)15-13-14-9(7-19-13)5-12(16)17/h3-4,6-7H,5H2,1-2H3,(H,14,15)(H,16,17). The lowest BCUT2D eigenvalue weighted by Gasteiger charge is -2.08. The fourth-order valence-electron chi connectivity index (χ4n) is 1.58. The Bertz CT molecular complexity index is 595. The number of methoxy groups -OCH3 is 1.